The molecule has 4 aromatic rings. The van der Waals surface area contributed by atoms with E-state index in [9.17, 15) is 18.3 Å². The van der Waals surface area contributed by atoms with Crippen molar-refractivity contribution in [1.29, 1.82) is 0 Å². The molecule has 0 aliphatic rings. The number of hydrogen-bond donors (Lipinski definition) is 2. The molecule has 0 radical (unpaired) electrons. The van der Waals surface area contributed by atoms with Crippen LogP contribution in [0.25, 0.3) is 16.5 Å². The summed E-state index contributed by atoms with van der Waals surface area (Å²) in [4.78, 5) is 15.4. The van der Waals surface area contributed by atoms with Gasteiger partial charge in [0.15, 0.2) is 0 Å². The second-order valence-electron chi connectivity index (χ2n) is 7.95. The highest BCUT2D eigenvalue weighted by Gasteiger charge is 2.17. The number of benzene rings is 3. The van der Waals surface area contributed by atoms with Gasteiger partial charge in [0.05, 0.1) is 29.0 Å². The Labute approximate surface area is 203 Å². The van der Waals surface area contributed by atoms with Crippen LogP contribution in [0.2, 0.25) is 0 Å². The first-order valence-corrected chi connectivity index (χ1v) is 12.4. The number of pyridine rings is 1. The Kier molecular flexibility index (Phi) is 6.61. The number of aromatic nitrogens is 1. The van der Waals surface area contributed by atoms with Crippen molar-refractivity contribution in [2.75, 3.05) is 6.61 Å². The number of sulfonamides is 1. The largest absolute Gasteiger partial charge is 0.494 e. The predicted octanol–water partition coefficient (Wildman–Crippen LogP) is 4.02. The lowest BCUT2D eigenvalue weighted by atomic mass is 10.1. The molecule has 0 amide bonds. The molecular weight excluding hydrogens is 466 g/mol. The van der Waals surface area contributed by atoms with E-state index in [0.29, 0.717) is 28.8 Å². The zero-order valence-electron chi connectivity index (χ0n) is 19.5. The van der Waals surface area contributed by atoms with Gasteiger partial charge in [-0.15, -0.1) is 0 Å². The van der Waals surface area contributed by atoms with Crippen LogP contribution in [0.4, 0.5) is 0 Å². The van der Waals surface area contributed by atoms with Crippen molar-refractivity contribution in [1.82, 2.24) is 9.40 Å². The maximum Gasteiger partial charge on any atom is 0.276 e. The maximum absolute atomic E-state index is 13.2. The number of hydrazone groups is 1. The molecule has 35 heavy (non-hydrogen) atoms. The fourth-order valence-corrected chi connectivity index (χ4v) is 4.48. The van der Waals surface area contributed by atoms with Crippen LogP contribution in [0.15, 0.2) is 81.5 Å². The lowest BCUT2D eigenvalue weighted by Crippen LogP contribution is -2.21. The fourth-order valence-electron chi connectivity index (χ4n) is 3.69. The highest BCUT2D eigenvalue weighted by atomic mass is 32.2. The van der Waals surface area contributed by atoms with E-state index in [0.717, 1.165) is 11.1 Å². The first-order valence-electron chi connectivity index (χ1n) is 10.9. The molecule has 0 spiro atoms. The number of nitrogens with one attached hydrogen (secondary N) is 1. The van der Waals surface area contributed by atoms with Gasteiger partial charge >= 0.3 is 0 Å². The van der Waals surface area contributed by atoms with Crippen molar-refractivity contribution in [3.8, 4) is 17.3 Å². The first kappa shape index (κ1) is 24.0. The summed E-state index contributed by atoms with van der Waals surface area (Å²) in [6.07, 6.45) is 1.20. The third-order valence-electron chi connectivity index (χ3n) is 5.66. The molecule has 0 bridgehead atoms. The zero-order valence-corrected chi connectivity index (χ0v) is 20.3. The first-order chi connectivity index (χ1) is 16.7. The molecule has 0 saturated heterocycles. The summed E-state index contributed by atoms with van der Waals surface area (Å²) in [5.41, 5.74) is 2.31. The molecule has 1 aromatic heterocycles. The summed E-state index contributed by atoms with van der Waals surface area (Å²) in [7, 11) is -3.96. The average molecular weight is 492 g/mol. The second kappa shape index (κ2) is 9.63. The van der Waals surface area contributed by atoms with Crippen molar-refractivity contribution in [2.24, 2.45) is 5.10 Å². The van der Waals surface area contributed by atoms with Crippen molar-refractivity contribution in [3.05, 3.63) is 93.8 Å². The number of aromatic hydroxyl groups is 1. The van der Waals surface area contributed by atoms with Gasteiger partial charge in [-0.25, -0.2) is 9.40 Å². The van der Waals surface area contributed by atoms with E-state index in [-0.39, 0.29) is 16.3 Å². The predicted molar refractivity (Wildman–Crippen MR) is 136 cm³/mol. The second-order valence-corrected chi connectivity index (χ2v) is 9.61. The number of ether oxygens (including phenoxy) is 1. The summed E-state index contributed by atoms with van der Waals surface area (Å²) in [6, 6.07) is 18.1. The van der Waals surface area contributed by atoms with Crippen LogP contribution in [0.5, 0.6) is 11.6 Å². The maximum atomic E-state index is 13.2. The Balaban J connectivity index is 1.76. The number of aryl methyl sites for hydroxylation is 2. The van der Waals surface area contributed by atoms with Gasteiger partial charge < -0.3 is 9.84 Å². The number of nitrogens with zero attached hydrogens (tertiary/aromatic N) is 2. The standard InChI is InChI=1S/C26H25N3O5S/c1-4-34-20-11-13-21(14-12-20)35(32,33)28-27-16-24-22-7-5-6-8-23(22)25(30)29(26(24)31)19-10-9-17(2)18(3)15-19/h5-16,28,31H,4H2,1-3H3. The van der Waals surface area contributed by atoms with Crippen LogP contribution >= 0.6 is 0 Å². The van der Waals surface area contributed by atoms with Crippen LogP contribution in [0.3, 0.4) is 0 Å². The Bertz CT molecular complexity index is 1590. The third-order valence-corrected chi connectivity index (χ3v) is 6.90. The molecule has 1 heterocycles. The van der Waals surface area contributed by atoms with E-state index in [1.165, 1.54) is 22.9 Å². The molecule has 0 aliphatic heterocycles. The fraction of sp³-hybridized carbons (Fsp3) is 0.154. The monoisotopic (exact) mass is 491 g/mol. The Morgan fingerprint density at radius 2 is 1.69 bits per heavy atom. The Morgan fingerprint density at radius 1 is 1.00 bits per heavy atom. The summed E-state index contributed by atoms with van der Waals surface area (Å²) >= 11 is 0. The van der Waals surface area contributed by atoms with Gasteiger partial charge in [-0.1, -0.05) is 24.3 Å². The van der Waals surface area contributed by atoms with Crippen molar-refractivity contribution in [3.63, 3.8) is 0 Å². The van der Waals surface area contributed by atoms with Crippen LogP contribution in [0.1, 0.15) is 23.6 Å². The Hall–Kier alpha value is -4.11. The molecule has 8 nitrogen and oxygen atoms in total. The number of rotatable bonds is 7. The van der Waals surface area contributed by atoms with E-state index < -0.39 is 15.6 Å². The van der Waals surface area contributed by atoms with Crippen molar-refractivity contribution in [2.45, 2.75) is 25.7 Å². The van der Waals surface area contributed by atoms with Gasteiger partial charge in [0.2, 0.25) is 5.88 Å². The number of fused-ring (bicyclic) bond motifs is 1. The Morgan fingerprint density at radius 3 is 2.34 bits per heavy atom. The molecule has 0 atom stereocenters. The molecule has 3 aromatic carbocycles. The van der Waals surface area contributed by atoms with E-state index >= 15 is 0 Å². The van der Waals surface area contributed by atoms with Crippen LogP contribution < -0.4 is 15.1 Å². The minimum atomic E-state index is -3.96. The summed E-state index contributed by atoms with van der Waals surface area (Å²) in [6.45, 7) is 6.18. The summed E-state index contributed by atoms with van der Waals surface area (Å²) < 4.78 is 31.9. The van der Waals surface area contributed by atoms with Gasteiger partial charge in [0.1, 0.15) is 5.75 Å². The molecule has 0 unspecified atom stereocenters. The smallest absolute Gasteiger partial charge is 0.276 e. The lowest BCUT2D eigenvalue weighted by Gasteiger charge is -2.15. The molecule has 2 N–H and O–H groups in total. The topological polar surface area (TPSA) is 110 Å². The van der Waals surface area contributed by atoms with Crippen LogP contribution in [0, 0.1) is 13.8 Å². The van der Waals surface area contributed by atoms with Crippen molar-refractivity contribution >= 4 is 27.0 Å². The highest BCUT2D eigenvalue weighted by molar-refractivity contribution is 7.89. The lowest BCUT2D eigenvalue weighted by molar-refractivity contribution is 0.340. The van der Waals surface area contributed by atoms with Gasteiger partial charge in [0.25, 0.3) is 15.6 Å². The third kappa shape index (κ3) is 4.76. The summed E-state index contributed by atoms with van der Waals surface area (Å²) in [5.74, 6) is 0.209. The molecule has 9 heteroatoms. The zero-order chi connectivity index (χ0) is 25.2. The molecule has 0 saturated carbocycles. The minimum Gasteiger partial charge on any atom is -0.494 e. The highest BCUT2D eigenvalue weighted by Crippen LogP contribution is 2.26. The molecule has 4 rings (SSSR count). The van der Waals surface area contributed by atoms with Gasteiger partial charge in [-0.05, 0) is 74.4 Å². The van der Waals surface area contributed by atoms with E-state index in [2.05, 4.69) is 9.93 Å². The quantitative estimate of drug-likeness (QED) is 0.300. The normalized spacial score (nSPS) is 11.7. The van der Waals surface area contributed by atoms with E-state index in [4.69, 9.17) is 4.74 Å². The number of hydrogen-bond acceptors (Lipinski definition) is 6. The van der Waals surface area contributed by atoms with Crippen LogP contribution in [-0.4, -0.2) is 30.9 Å². The van der Waals surface area contributed by atoms with Gasteiger partial charge in [-0.3, -0.25) is 4.79 Å². The molecule has 0 fully saturated rings. The van der Waals surface area contributed by atoms with E-state index in [1.807, 2.05) is 26.8 Å². The SMILES string of the molecule is CCOc1ccc(S(=O)(=O)NN=Cc2c(O)n(-c3ccc(C)c(C)c3)c(=O)c3ccccc23)cc1. The van der Waals surface area contributed by atoms with Crippen LogP contribution in [-0.2, 0) is 10.0 Å². The van der Waals surface area contributed by atoms with E-state index in [1.54, 1.807) is 48.5 Å². The van der Waals surface area contributed by atoms with Gasteiger partial charge in [0, 0.05) is 10.8 Å². The summed E-state index contributed by atoms with van der Waals surface area (Å²) in [5, 5.41) is 15.8. The average Bonchev–Trinajstić information content (AvgIpc) is 2.84. The van der Waals surface area contributed by atoms with Crippen molar-refractivity contribution < 1.29 is 18.3 Å². The molecule has 0 aliphatic carbocycles. The van der Waals surface area contributed by atoms with Gasteiger partial charge in [-0.2, -0.15) is 13.5 Å². The molecular formula is C26H25N3O5S. The molecule has 180 valence electrons. The minimum absolute atomic E-state index is 0.00674.